The first-order valence-electron chi connectivity index (χ1n) is 11.2. The molecule has 8 heteroatoms. The number of hydrogen-bond acceptors (Lipinski definition) is 4. The van der Waals surface area contributed by atoms with Gasteiger partial charge < -0.3 is 4.90 Å². The van der Waals surface area contributed by atoms with Gasteiger partial charge in [-0.15, -0.1) is 11.3 Å². The Morgan fingerprint density at radius 1 is 1.15 bits per heavy atom. The van der Waals surface area contributed by atoms with E-state index in [-0.39, 0.29) is 25.0 Å². The van der Waals surface area contributed by atoms with E-state index in [1.165, 1.54) is 14.6 Å². The van der Waals surface area contributed by atoms with Crippen molar-refractivity contribution >= 4 is 44.9 Å². The van der Waals surface area contributed by atoms with Crippen molar-refractivity contribution in [3.8, 4) is 0 Å². The summed E-state index contributed by atoms with van der Waals surface area (Å²) in [5.74, 6) is -0.207. The lowest BCUT2D eigenvalue weighted by atomic mass is 9.93. The second-order valence-corrected chi connectivity index (χ2v) is 11.4. The van der Waals surface area contributed by atoms with Crippen molar-refractivity contribution < 1.29 is 13.2 Å². The van der Waals surface area contributed by atoms with Gasteiger partial charge in [0.2, 0.25) is 15.9 Å². The van der Waals surface area contributed by atoms with Gasteiger partial charge in [-0.3, -0.25) is 4.79 Å². The standard InChI is InChI=1S/C26H27ClN2O3S2/c1-2-15-28(34(31,32)18-14-20-6-4-3-5-7-20)19-25(30)29-16-12-24-23(13-17-33-24)26(29)21-8-10-22(27)11-9-21/h3-11,13-14,17-18,26H,2,12,15-16,19H2,1H3. The Morgan fingerprint density at radius 3 is 2.59 bits per heavy atom. The topological polar surface area (TPSA) is 57.7 Å². The number of amides is 1. The molecule has 178 valence electrons. The van der Waals surface area contributed by atoms with Crippen LogP contribution in [0.4, 0.5) is 0 Å². The van der Waals surface area contributed by atoms with E-state index in [0.29, 0.717) is 18.0 Å². The monoisotopic (exact) mass is 514 g/mol. The van der Waals surface area contributed by atoms with Crippen LogP contribution in [0, 0.1) is 0 Å². The molecule has 0 saturated carbocycles. The summed E-state index contributed by atoms with van der Waals surface area (Å²) in [6.07, 6.45) is 2.94. The van der Waals surface area contributed by atoms with E-state index in [0.717, 1.165) is 23.1 Å². The molecule has 0 radical (unpaired) electrons. The van der Waals surface area contributed by atoms with E-state index in [2.05, 4.69) is 6.07 Å². The zero-order chi connectivity index (χ0) is 24.1. The number of rotatable bonds is 8. The van der Waals surface area contributed by atoms with Crippen LogP contribution in [-0.4, -0.2) is 43.2 Å². The molecule has 1 aliphatic heterocycles. The Hall–Kier alpha value is -2.45. The van der Waals surface area contributed by atoms with E-state index < -0.39 is 10.0 Å². The third-order valence-electron chi connectivity index (χ3n) is 5.85. The number of carbonyl (C=O) groups is 1. The van der Waals surface area contributed by atoms with Gasteiger partial charge in [-0.25, -0.2) is 8.42 Å². The minimum Gasteiger partial charge on any atom is -0.330 e. The van der Waals surface area contributed by atoms with Gasteiger partial charge in [0, 0.05) is 28.4 Å². The highest BCUT2D eigenvalue weighted by molar-refractivity contribution is 7.92. The molecule has 0 spiro atoms. The lowest BCUT2D eigenvalue weighted by molar-refractivity contribution is -0.133. The molecule has 5 nitrogen and oxygen atoms in total. The van der Waals surface area contributed by atoms with E-state index in [9.17, 15) is 13.2 Å². The highest BCUT2D eigenvalue weighted by Gasteiger charge is 2.34. The van der Waals surface area contributed by atoms with Gasteiger partial charge in [-0.2, -0.15) is 4.31 Å². The zero-order valence-corrected chi connectivity index (χ0v) is 21.3. The summed E-state index contributed by atoms with van der Waals surface area (Å²) in [6, 6.07) is 18.6. The molecular weight excluding hydrogens is 488 g/mol. The fourth-order valence-electron chi connectivity index (χ4n) is 4.19. The molecule has 0 bridgehead atoms. The highest BCUT2D eigenvalue weighted by Crippen LogP contribution is 2.38. The smallest absolute Gasteiger partial charge is 0.238 e. The van der Waals surface area contributed by atoms with Crippen LogP contribution in [0.3, 0.4) is 0 Å². The van der Waals surface area contributed by atoms with Crippen LogP contribution in [0.5, 0.6) is 0 Å². The average molecular weight is 515 g/mol. The molecule has 0 N–H and O–H groups in total. The zero-order valence-electron chi connectivity index (χ0n) is 18.9. The van der Waals surface area contributed by atoms with Gasteiger partial charge in [0.15, 0.2) is 0 Å². The van der Waals surface area contributed by atoms with Gasteiger partial charge in [0.05, 0.1) is 12.6 Å². The van der Waals surface area contributed by atoms with Crippen molar-refractivity contribution in [1.82, 2.24) is 9.21 Å². The molecule has 1 aliphatic rings. The summed E-state index contributed by atoms with van der Waals surface area (Å²) in [5.41, 5.74) is 2.85. The molecular formula is C26H27ClN2O3S2. The van der Waals surface area contributed by atoms with Crippen LogP contribution in [0.15, 0.2) is 71.5 Å². The first-order valence-corrected chi connectivity index (χ1v) is 14.0. The highest BCUT2D eigenvalue weighted by atomic mass is 35.5. The number of fused-ring (bicyclic) bond motifs is 1. The van der Waals surface area contributed by atoms with Gasteiger partial charge >= 0.3 is 0 Å². The molecule has 3 aromatic rings. The van der Waals surface area contributed by atoms with E-state index in [1.807, 2.05) is 66.9 Å². The lowest BCUT2D eigenvalue weighted by Gasteiger charge is -2.37. The third kappa shape index (κ3) is 5.61. The van der Waals surface area contributed by atoms with Crippen LogP contribution >= 0.6 is 22.9 Å². The van der Waals surface area contributed by atoms with Crippen molar-refractivity contribution in [2.75, 3.05) is 19.6 Å². The number of nitrogens with zero attached hydrogens (tertiary/aromatic N) is 2. The summed E-state index contributed by atoms with van der Waals surface area (Å²) in [5, 5.41) is 3.87. The Balaban J connectivity index is 1.59. The molecule has 1 unspecified atom stereocenters. The maximum atomic E-state index is 13.6. The van der Waals surface area contributed by atoms with Gasteiger partial charge in [-0.1, -0.05) is 61.0 Å². The molecule has 1 atom stereocenters. The number of carbonyl (C=O) groups excluding carboxylic acids is 1. The van der Waals surface area contributed by atoms with Crippen LogP contribution in [0.2, 0.25) is 5.02 Å². The molecule has 1 aromatic heterocycles. The maximum absolute atomic E-state index is 13.6. The van der Waals surface area contributed by atoms with Crippen molar-refractivity contribution in [2.45, 2.75) is 25.8 Å². The Labute approximate surface area is 210 Å². The van der Waals surface area contributed by atoms with Crippen LogP contribution < -0.4 is 0 Å². The quantitative estimate of drug-likeness (QED) is 0.394. The third-order valence-corrected chi connectivity index (χ3v) is 8.61. The molecule has 0 fully saturated rings. The fourth-order valence-corrected chi connectivity index (χ4v) is 6.45. The average Bonchev–Trinajstić information content (AvgIpc) is 3.32. The van der Waals surface area contributed by atoms with Gasteiger partial charge in [0.25, 0.3) is 0 Å². The maximum Gasteiger partial charge on any atom is 0.238 e. The van der Waals surface area contributed by atoms with Crippen LogP contribution in [0.1, 0.15) is 41.0 Å². The first-order chi connectivity index (χ1) is 16.4. The minimum atomic E-state index is -3.76. The molecule has 0 saturated heterocycles. The summed E-state index contributed by atoms with van der Waals surface area (Å²) < 4.78 is 27.5. The van der Waals surface area contributed by atoms with E-state index in [4.69, 9.17) is 11.6 Å². The number of thiophene rings is 1. The lowest BCUT2D eigenvalue weighted by Crippen LogP contribution is -2.46. The molecule has 34 heavy (non-hydrogen) atoms. The number of benzene rings is 2. The van der Waals surface area contributed by atoms with Gasteiger partial charge in [-0.05, 0) is 59.2 Å². The first kappa shape index (κ1) is 24.7. The second kappa shape index (κ2) is 10.9. The van der Waals surface area contributed by atoms with E-state index in [1.54, 1.807) is 22.3 Å². The minimum absolute atomic E-state index is 0.196. The van der Waals surface area contributed by atoms with E-state index >= 15 is 0 Å². The summed E-state index contributed by atoms with van der Waals surface area (Å²) in [6.45, 7) is 2.53. The van der Waals surface area contributed by atoms with Crippen LogP contribution in [0.25, 0.3) is 6.08 Å². The van der Waals surface area contributed by atoms with Crippen molar-refractivity contribution in [1.29, 1.82) is 0 Å². The van der Waals surface area contributed by atoms with Crippen LogP contribution in [-0.2, 0) is 21.2 Å². The number of sulfonamides is 1. The largest absolute Gasteiger partial charge is 0.330 e. The molecule has 0 aliphatic carbocycles. The Bertz CT molecular complexity index is 1250. The summed E-state index contributed by atoms with van der Waals surface area (Å²) >= 11 is 7.79. The Morgan fingerprint density at radius 2 is 1.88 bits per heavy atom. The SMILES string of the molecule is CCCN(CC(=O)N1CCc2sccc2C1c1ccc(Cl)cc1)S(=O)(=O)C=Cc1ccccc1. The van der Waals surface area contributed by atoms with Gasteiger partial charge in [0.1, 0.15) is 0 Å². The summed E-state index contributed by atoms with van der Waals surface area (Å²) in [4.78, 5) is 16.6. The van der Waals surface area contributed by atoms with Crippen molar-refractivity contribution in [3.05, 3.63) is 98.0 Å². The second-order valence-electron chi connectivity index (χ2n) is 8.18. The molecule has 2 aromatic carbocycles. The molecule has 2 heterocycles. The normalized spacial score (nSPS) is 16.2. The predicted molar refractivity (Wildman–Crippen MR) is 139 cm³/mol. The summed E-state index contributed by atoms with van der Waals surface area (Å²) in [7, 11) is -3.76. The molecule has 4 rings (SSSR count). The molecule has 1 amide bonds. The van der Waals surface area contributed by atoms with Crippen molar-refractivity contribution in [2.24, 2.45) is 0 Å². The number of halogens is 1. The Kier molecular flexibility index (Phi) is 7.88. The predicted octanol–water partition coefficient (Wildman–Crippen LogP) is 5.59. The fraction of sp³-hybridized carbons (Fsp3) is 0.269. The number of hydrogen-bond donors (Lipinski definition) is 0. The van der Waals surface area contributed by atoms with Crippen molar-refractivity contribution in [3.63, 3.8) is 0 Å².